The molecule has 22 heavy (non-hydrogen) atoms. The van der Waals surface area contributed by atoms with E-state index >= 15 is 0 Å². The summed E-state index contributed by atoms with van der Waals surface area (Å²) in [7, 11) is 0. The standard InChI is InChI=1S/C8H9NO5.C4H11N.C2H6O/c10-2-1-4-7(8(12)13)9-5(11)3-6(9)14-4;1-4(2,3)5;1-2-3/h1,6-7,10H,2-3H2,(H,12,13);5H2,1-3H3;3H,2H2,1H3/b4-1-;;/t6-,7-;;/m1../s1. The number of hydrogen-bond acceptors (Lipinski definition) is 6. The molecule has 2 aliphatic heterocycles. The molecule has 8 nitrogen and oxygen atoms in total. The van der Waals surface area contributed by atoms with Crippen LogP contribution < -0.4 is 5.73 Å². The Labute approximate surface area is 130 Å². The fraction of sp³-hybridized carbons (Fsp3) is 0.714. The highest BCUT2D eigenvalue weighted by Crippen LogP contribution is 2.36. The van der Waals surface area contributed by atoms with E-state index in [0.29, 0.717) is 0 Å². The average molecular weight is 318 g/mol. The van der Waals surface area contributed by atoms with Crippen molar-refractivity contribution in [2.75, 3.05) is 13.2 Å². The Morgan fingerprint density at radius 1 is 1.45 bits per heavy atom. The number of hydrogen-bond donors (Lipinski definition) is 4. The Kier molecular flexibility index (Phi) is 8.07. The second-order valence-corrected chi connectivity index (χ2v) is 5.79. The maximum atomic E-state index is 11.1. The van der Waals surface area contributed by atoms with Crippen molar-refractivity contribution in [3.63, 3.8) is 0 Å². The van der Waals surface area contributed by atoms with Crippen LogP contribution in [-0.4, -0.2) is 63.1 Å². The predicted octanol–water partition coefficient (Wildman–Crippen LogP) is -0.353. The van der Waals surface area contributed by atoms with Crippen LogP contribution in [0.3, 0.4) is 0 Å². The molecule has 2 saturated heterocycles. The van der Waals surface area contributed by atoms with Gasteiger partial charge in [-0.25, -0.2) is 4.79 Å². The summed E-state index contributed by atoms with van der Waals surface area (Å²) in [5.74, 6) is -1.22. The molecule has 1 amide bonds. The Hall–Kier alpha value is -1.64. The highest BCUT2D eigenvalue weighted by molar-refractivity contribution is 5.91. The summed E-state index contributed by atoms with van der Waals surface area (Å²) in [5, 5.41) is 25.1. The molecule has 0 radical (unpaired) electrons. The number of nitrogens with two attached hydrogens (primary N) is 1. The van der Waals surface area contributed by atoms with E-state index in [1.54, 1.807) is 6.92 Å². The number of amides is 1. The highest BCUT2D eigenvalue weighted by atomic mass is 16.5. The van der Waals surface area contributed by atoms with Crippen LogP contribution >= 0.6 is 0 Å². The van der Waals surface area contributed by atoms with Gasteiger partial charge in [0.2, 0.25) is 5.91 Å². The number of rotatable bonds is 2. The first-order chi connectivity index (χ1) is 10.1. The van der Waals surface area contributed by atoms with Crippen LogP contribution in [0.1, 0.15) is 34.1 Å². The fourth-order valence-electron chi connectivity index (χ4n) is 1.66. The van der Waals surface area contributed by atoms with E-state index in [1.165, 1.54) is 11.0 Å². The quantitative estimate of drug-likeness (QED) is 0.511. The molecule has 0 aromatic carbocycles. The lowest BCUT2D eigenvalue weighted by atomic mass is 10.1. The summed E-state index contributed by atoms with van der Waals surface area (Å²) in [6, 6.07) is -1.06. The minimum Gasteiger partial charge on any atom is -0.479 e. The second-order valence-electron chi connectivity index (χ2n) is 5.79. The first kappa shape index (κ1) is 20.4. The maximum Gasteiger partial charge on any atom is 0.334 e. The fourth-order valence-corrected chi connectivity index (χ4v) is 1.66. The number of β-lactam (4-membered cyclic amide) rings is 1. The number of carboxylic acids is 1. The van der Waals surface area contributed by atoms with Crippen molar-refractivity contribution in [3.8, 4) is 0 Å². The zero-order valence-corrected chi connectivity index (χ0v) is 13.4. The van der Waals surface area contributed by atoms with Gasteiger partial charge in [-0.15, -0.1) is 0 Å². The van der Waals surface area contributed by atoms with Crippen molar-refractivity contribution >= 4 is 11.9 Å². The van der Waals surface area contributed by atoms with Crippen LogP contribution in [-0.2, 0) is 14.3 Å². The summed E-state index contributed by atoms with van der Waals surface area (Å²) < 4.78 is 5.17. The van der Waals surface area contributed by atoms with Gasteiger partial charge in [-0.1, -0.05) is 0 Å². The largest absolute Gasteiger partial charge is 0.479 e. The Morgan fingerprint density at radius 2 is 1.91 bits per heavy atom. The zero-order valence-electron chi connectivity index (χ0n) is 13.4. The molecule has 2 fully saturated rings. The van der Waals surface area contributed by atoms with Gasteiger partial charge in [0.15, 0.2) is 12.3 Å². The Balaban J connectivity index is 0.000000465. The third-order valence-electron chi connectivity index (χ3n) is 2.29. The molecule has 128 valence electrons. The number of aliphatic carboxylic acids is 1. The van der Waals surface area contributed by atoms with Crippen molar-refractivity contribution in [2.45, 2.75) is 51.9 Å². The van der Waals surface area contributed by atoms with Crippen molar-refractivity contribution in [2.24, 2.45) is 5.73 Å². The molecule has 2 atom stereocenters. The minimum absolute atomic E-state index is 0. The molecule has 0 aliphatic carbocycles. The van der Waals surface area contributed by atoms with Gasteiger partial charge >= 0.3 is 5.97 Å². The van der Waals surface area contributed by atoms with Gasteiger partial charge in [0.1, 0.15) is 5.76 Å². The minimum atomic E-state index is -1.14. The summed E-state index contributed by atoms with van der Waals surface area (Å²) in [4.78, 5) is 23.1. The van der Waals surface area contributed by atoms with Crippen molar-refractivity contribution < 1.29 is 29.6 Å². The molecule has 0 aromatic heterocycles. The first-order valence-corrected chi connectivity index (χ1v) is 6.98. The van der Waals surface area contributed by atoms with Gasteiger partial charge in [0.05, 0.1) is 13.0 Å². The number of carbonyl (C=O) groups is 2. The molecule has 0 bridgehead atoms. The molecular formula is C14H26N2O6. The van der Waals surface area contributed by atoms with Crippen LogP contribution in [0.5, 0.6) is 0 Å². The monoisotopic (exact) mass is 318 g/mol. The van der Waals surface area contributed by atoms with Crippen LogP contribution in [0.25, 0.3) is 0 Å². The lowest BCUT2D eigenvalue weighted by molar-refractivity contribution is -0.163. The van der Waals surface area contributed by atoms with Gasteiger partial charge in [-0.2, -0.15) is 0 Å². The predicted molar refractivity (Wildman–Crippen MR) is 79.6 cm³/mol. The van der Waals surface area contributed by atoms with Gasteiger partial charge in [0, 0.05) is 12.1 Å². The molecule has 0 aromatic rings. The SMILES string of the molecule is CC(C)(C)N.CCO.O=C(O)[C@H]1/C(=C/CO)O[C@@H]2CC(=O)N21. The summed E-state index contributed by atoms with van der Waals surface area (Å²) in [6.45, 7) is 7.53. The van der Waals surface area contributed by atoms with E-state index in [9.17, 15) is 9.59 Å². The van der Waals surface area contributed by atoms with E-state index in [0.717, 1.165) is 0 Å². The molecule has 2 aliphatic rings. The lowest BCUT2D eigenvalue weighted by Crippen LogP contribution is -2.54. The van der Waals surface area contributed by atoms with Gasteiger partial charge in [-0.3, -0.25) is 9.69 Å². The van der Waals surface area contributed by atoms with Crippen LogP contribution in [0.4, 0.5) is 0 Å². The lowest BCUT2D eigenvalue weighted by Gasteiger charge is -2.33. The summed E-state index contributed by atoms with van der Waals surface area (Å²) >= 11 is 0. The number of aliphatic hydroxyl groups excluding tert-OH is 2. The van der Waals surface area contributed by atoms with Crippen LogP contribution in [0, 0.1) is 0 Å². The van der Waals surface area contributed by atoms with E-state index in [2.05, 4.69) is 0 Å². The van der Waals surface area contributed by atoms with Crippen LogP contribution in [0.2, 0.25) is 0 Å². The number of carboxylic acid groups (broad SMARTS) is 1. The molecular weight excluding hydrogens is 292 g/mol. The third-order valence-corrected chi connectivity index (χ3v) is 2.29. The normalized spacial score (nSPS) is 24.2. The molecule has 8 heteroatoms. The van der Waals surface area contributed by atoms with Crippen molar-refractivity contribution in [1.82, 2.24) is 4.90 Å². The van der Waals surface area contributed by atoms with E-state index in [4.69, 9.17) is 25.8 Å². The maximum absolute atomic E-state index is 11.1. The number of fused-ring (bicyclic) bond motifs is 1. The number of ether oxygens (including phenoxy) is 1. The average Bonchev–Trinajstić information content (AvgIpc) is 2.61. The Bertz CT molecular complexity index is 410. The van der Waals surface area contributed by atoms with E-state index < -0.39 is 18.2 Å². The highest BCUT2D eigenvalue weighted by Gasteiger charge is 2.53. The smallest absolute Gasteiger partial charge is 0.334 e. The number of aliphatic hydroxyl groups is 2. The molecule has 0 spiro atoms. The van der Waals surface area contributed by atoms with Crippen molar-refractivity contribution in [1.29, 1.82) is 0 Å². The topological polar surface area (TPSA) is 133 Å². The van der Waals surface area contributed by atoms with Gasteiger partial charge < -0.3 is 25.8 Å². The molecule has 5 N–H and O–H groups in total. The van der Waals surface area contributed by atoms with Crippen molar-refractivity contribution in [3.05, 3.63) is 11.8 Å². The first-order valence-electron chi connectivity index (χ1n) is 6.98. The third kappa shape index (κ3) is 6.42. The molecule has 0 saturated carbocycles. The second kappa shape index (κ2) is 8.72. The molecule has 0 unspecified atom stereocenters. The zero-order chi connectivity index (χ0) is 17.5. The molecule has 2 heterocycles. The summed E-state index contributed by atoms with van der Waals surface area (Å²) in [5.41, 5.74) is 5.35. The Morgan fingerprint density at radius 3 is 2.23 bits per heavy atom. The number of carbonyl (C=O) groups excluding carboxylic acids is 1. The van der Waals surface area contributed by atoms with E-state index in [-0.39, 0.29) is 36.8 Å². The molecule has 2 rings (SSSR count). The summed E-state index contributed by atoms with van der Waals surface area (Å²) in [6.07, 6.45) is 1.03. The van der Waals surface area contributed by atoms with Gasteiger partial charge in [0.25, 0.3) is 0 Å². The van der Waals surface area contributed by atoms with E-state index in [1.807, 2.05) is 20.8 Å². The van der Waals surface area contributed by atoms with Gasteiger partial charge in [-0.05, 0) is 33.8 Å². The number of nitrogens with zero attached hydrogens (tertiary/aromatic N) is 1. The van der Waals surface area contributed by atoms with Crippen LogP contribution in [0.15, 0.2) is 11.8 Å².